The molecule has 0 saturated carbocycles. The van der Waals surface area contributed by atoms with E-state index >= 15 is 0 Å². The van der Waals surface area contributed by atoms with Crippen LogP contribution in [-0.4, -0.2) is 47.4 Å². The number of carbonyl (C=O) groups excluding carboxylic acids is 1. The molecule has 0 bridgehead atoms. The van der Waals surface area contributed by atoms with Gasteiger partial charge in [0.05, 0.1) is 31.6 Å². The standard InChI is InChI=1S/C18H21N3O3/c1-11-17(12(2)20-19-11)15-10-23-8-6-21(15)18(22)14-3-4-16-13(9-14)5-7-24-16/h3-4,9,15H,5-8,10H2,1-2H3,(H,19,20)/t15-/m0/s1. The maximum atomic E-state index is 13.1. The zero-order valence-electron chi connectivity index (χ0n) is 14.0. The van der Waals surface area contributed by atoms with Gasteiger partial charge in [-0.2, -0.15) is 5.10 Å². The minimum absolute atomic E-state index is 0.0398. The van der Waals surface area contributed by atoms with Crippen LogP contribution in [0.4, 0.5) is 0 Å². The van der Waals surface area contributed by atoms with Crippen molar-refractivity contribution in [2.24, 2.45) is 0 Å². The van der Waals surface area contributed by atoms with Crippen molar-refractivity contribution in [2.45, 2.75) is 26.3 Å². The molecular weight excluding hydrogens is 306 g/mol. The van der Waals surface area contributed by atoms with Gasteiger partial charge in [-0.25, -0.2) is 0 Å². The van der Waals surface area contributed by atoms with Crippen LogP contribution in [0.1, 0.15) is 38.9 Å². The van der Waals surface area contributed by atoms with E-state index in [2.05, 4.69) is 10.2 Å². The van der Waals surface area contributed by atoms with Crippen LogP contribution in [0.25, 0.3) is 0 Å². The van der Waals surface area contributed by atoms with E-state index in [4.69, 9.17) is 9.47 Å². The summed E-state index contributed by atoms with van der Waals surface area (Å²) in [6.45, 7) is 6.29. The summed E-state index contributed by atoms with van der Waals surface area (Å²) in [4.78, 5) is 15.0. The summed E-state index contributed by atoms with van der Waals surface area (Å²) < 4.78 is 11.2. The summed E-state index contributed by atoms with van der Waals surface area (Å²) in [5.41, 5.74) is 4.80. The van der Waals surface area contributed by atoms with Gasteiger partial charge in [0.2, 0.25) is 0 Å². The number of benzene rings is 1. The molecule has 1 aromatic heterocycles. The van der Waals surface area contributed by atoms with Crippen LogP contribution in [0.15, 0.2) is 18.2 Å². The highest BCUT2D eigenvalue weighted by Gasteiger charge is 2.32. The molecule has 1 atom stereocenters. The number of ether oxygens (including phenoxy) is 2. The van der Waals surface area contributed by atoms with Crippen molar-refractivity contribution >= 4 is 5.91 Å². The van der Waals surface area contributed by atoms with Gasteiger partial charge in [0.15, 0.2) is 0 Å². The molecular formula is C18H21N3O3. The Morgan fingerprint density at radius 3 is 3.00 bits per heavy atom. The van der Waals surface area contributed by atoms with Gasteiger partial charge < -0.3 is 14.4 Å². The van der Waals surface area contributed by atoms with Crippen LogP contribution in [0.2, 0.25) is 0 Å². The summed E-state index contributed by atoms with van der Waals surface area (Å²) in [6, 6.07) is 5.62. The number of aryl methyl sites for hydroxylation is 2. The molecule has 0 aliphatic carbocycles. The molecule has 6 nitrogen and oxygen atoms in total. The SMILES string of the molecule is Cc1n[nH]c(C)c1[C@@H]1COCCN1C(=O)c1ccc2c(c1)CCO2. The Kier molecular flexibility index (Phi) is 3.76. The van der Waals surface area contributed by atoms with Gasteiger partial charge in [0, 0.05) is 29.8 Å². The zero-order valence-corrected chi connectivity index (χ0v) is 14.0. The molecule has 6 heteroatoms. The minimum atomic E-state index is -0.102. The number of aromatic nitrogens is 2. The average molecular weight is 327 g/mol. The molecule has 1 N–H and O–H groups in total. The molecule has 1 aromatic carbocycles. The molecule has 0 radical (unpaired) electrons. The first-order valence-electron chi connectivity index (χ1n) is 8.31. The largest absolute Gasteiger partial charge is 0.493 e. The highest BCUT2D eigenvalue weighted by atomic mass is 16.5. The van der Waals surface area contributed by atoms with Crippen molar-refractivity contribution < 1.29 is 14.3 Å². The highest BCUT2D eigenvalue weighted by molar-refractivity contribution is 5.95. The van der Waals surface area contributed by atoms with E-state index in [1.165, 1.54) is 0 Å². The average Bonchev–Trinajstić information content (AvgIpc) is 3.20. The van der Waals surface area contributed by atoms with Crippen molar-refractivity contribution in [2.75, 3.05) is 26.4 Å². The molecule has 1 fully saturated rings. The lowest BCUT2D eigenvalue weighted by Gasteiger charge is -2.36. The predicted octanol–water partition coefficient (Wildman–Crippen LogP) is 2.18. The van der Waals surface area contributed by atoms with Crippen molar-refractivity contribution in [3.05, 3.63) is 46.3 Å². The second kappa shape index (κ2) is 5.94. The van der Waals surface area contributed by atoms with Crippen molar-refractivity contribution in [1.82, 2.24) is 15.1 Å². The van der Waals surface area contributed by atoms with Crippen LogP contribution < -0.4 is 4.74 Å². The first-order valence-corrected chi connectivity index (χ1v) is 8.31. The van der Waals surface area contributed by atoms with Gasteiger partial charge in [0.25, 0.3) is 5.91 Å². The normalized spacial score (nSPS) is 19.9. The monoisotopic (exact) mass is 327 g/mol. The highest BCUT2D eigenvalue weighted by Crippen LogP contribution is 2.31. The predicted molar refractivity (Wildman–Crippen MR) is 88.3 cm³/mol. The van der Waals surface area contributed by atoms with Gasteiger partial charge in [-0.1, -0.05) is 0 Å². The number of nitrogens with one attached hydrogen (secondary N) is 1. The van der Waals surface area contributed by atoms with Crippen molar-refractivity contribution in [3.8, 4) is 5.75 Å². The lowest BCUT2D eigenvalue weighted by molar-refractivity contribution is -0.00302. The van der Waals surface area contributed by atoms with E-state index < -0.39 is 0 Å². The molecule has 3 heterocycles. The van der Waals surface area contributed by atoms with Gasteiger partial charge in [0.1, 0.15) is 5.75 Å². The number of fused-ring (bicyclic) bond motifs is 1. The number of H-pyrrole nitrogens is 1. The molecule has 24 heavy (non-hydrogen) atoms. The van der Waals surface area contributed by atoms with Crippen LogP contribution in [0.3, 0.4) is 0 Å². The molecule has 1 saturated heterocycles. The Bertz CT molecular complexity index is 764. The first-order chi connectivity index (χ1) is 11.6. The van der Waals surface area contributed by atoms with Crippen molar-refractivity contribution in [3.63, 3.8) is 0 Å². The van der Waals surface area contributed by atoms with Crippen LogP contribution in [-0.2, 0) is 11.2 Å². The lowest BCUT2D eigenvalue weighted by atomic mass is 10.0. The summed E-state index contributed by atoms with van der Waals surface area (Å²) >= 11 is 0. The maximum Gasteiger partial charge on any atom is 0.254 e. The molecule has 2 aliphatic heterocycles. The smallest absolute Gasteiger partial charge is 0.254 e. The third-order valence-electron chi connectivity index (χ3n) is 4.84. The Morgan fingerprint density at radius 1 is 1.33 bits per heavy atom. The molecule has 0 spiro atoms. The van der Waals surface area contributed by atoms with E-state index in [1.54, 1.807) is 0 Å². The number of nitrogens with zero attached hydrogens (tertiary/aromatic N) is 2. The Labute approximate surface area is 140 Å². The minimum Gasteiger partial charge on any atom is -0.493 e. The second-order valence-corrected chi connectivity index (χ2v) is 6.36. The Morgan fingerprint density at radius 2 is 2.21 bits per heavy atom. The van der Waals surface area contributed by atoms with E-state index in [1.807, 2.05) is 36.9 Å². The second-order valence-electron chi connectivity index (χ2n) is 6.36. The fraction of sp³-hybridized carbons (Fsp3) is 0.444. The topological polar surface area (TPSA) is 67.5 Å². The van der Waals surface area contributed by atoms with E-state index in [0.717, 1.165) is 34.7 Å². The van der Waals surface area contributed by atoms with Gasteiger partial charge in [-0.3, -0.25) is 9.89 Å². The molecule has 2 aromatic rings. The number of rotatable bonds is 2. The molecule has 4 rings (SSSR count). The number of hydrogen-bond donors (Lipinski definition) is 1. The van der Waals surface area contributed by atoms with E-state index in [0.29, 0.717) is 31.9 Å². The number of morpholine rings is 1. The molecule has 0 unspecified atom stereocenters. The fourth-order valence-electron chi connectivity index (χ4n) is 3.62. The summed E-state index contributed by atoms with van der Waals surface area (Å²) in [5, 5.41) is 7.28. The van der Waals surface area contributed by atoms with E-state index in [-0.39, 0.29) is 11.9 Å². The number of carbonyl (C=O) groups is 1. The van der Waals surface area contributed by atoms with E-state index in [9.17, 15) is 4.79 Å². The number of amides is 1. The van der Waals surface area contributed by atoms with Crippen molar-refractivity contribution in [1.29, 1.82) is 0 Å². The fourth-order valence-corrected chi connectivity index (χ4v) is 3.62. The Hall–Kier alpha value is -2.34. The maximum absolute atomic E-state index is 13.1. The summed E-state index contributed by atoms with van der Waals surface area (Å²) in [6.07, 6.45) is 0.864. The Balaban J connectivity index is 1.66. The van der Waals surface area contributed by atoms with Crippen LogP contribution >= 0.6 is 0 Å². The third kappa shape index (κ3) is 2.47. The van der Waals surface area contributed by atoms with Crippen LogP contribution in [0, 0.1) is 13.8 Å². The van der Waals surface area contributed by atoms with Gasteiger partial charge >= 0.3 is 0 Å². The molecule has 126 valence electrons. The van der Waals surface area contributed by atoms with Gasteiger partial charge in [-0.15, -0.1) is 0 Å². The van der Waals surface area contributed by atoms with Crippen LogP contribution in [0.5, 0.6) is 5.75 Å². The summed E-state index contributed by atoms with van der Waals surface area (Å²) in [5.74, 6) is 0.935. The zero-order chi connectivity index (χ0) is 16.7. The first kappa shape index (κ1) is 15.2. The third-order valence-corrected chi connectivity index (χ3v) is 4.84. The van der Waals surface area contributed by atoms with Gasteiger partial charge in [-0.05, 0) is 37.6 Å². The lowest BCUT2D eigenvalue weighted by Crippen LogP contribution is -2.43. The number of aromatic amines is 1. The summed E-state index contributed by atoms with van der Waals surface area (Å²) in [7, 11) is 0. The quantitative estimate of drug-likeness (QED) is 0.918. The molecule has 2 aliphatic rings. The number of hydrogen-bond acceptors (Lipinski definition) is 4. The molecule has 1 amide bonds.